The first-order valence-corrected chi connectivity index (χ1v) is 29.5. The molecule has 1 spiro atoms. The molecule has 0 radical (unpaired) electrons. The summed E-state index contributed by atoms with van der Waals surface area (Å²) in [7, 11) is 1.59. The molecule has 8 aliphatic heterocycles. The zero-order chi connectivity index (χ0) is 57.7. The molecule has 10 N–H and O–H groups in total. The smallest absolute Gasteiger partial charge is 0.407 e. The first kappa shape index (κ1) is 61.0. The number of ketones is 1. The van der Waals surface area contributed by atoms with Gasteiger partial charge in [-0.05, 0) is 98.5 Å². The Morgan fingerprint density at radius 2 is 1.58 bits per heavy atom. The van der Waals surface area contributed by atoms with E-state index in [-0.39, 0.29) is 112 Å². The van der Waals surface area contributed by atoms with Gasteiger partial charge in [0, 0.05) is 76.8 Å². The number of amides is 5. The molecule has 10 bridgehead atoms. The molecule has 8 heterocycles. The predicted octanol–water partition coefficient (Wildman–Crippen LogP) is 4.24. The fourth-order valence-electron chi connectivity index (χ4n) is 13.5. The van der Waals surface area contributed by atoms with Crippen molar-refractivity contribution in [2.75, 3.05) is 25.5 Å². The molecular weight excluding hydrogens is 1050 g/mol. The highest BCUT2D eigenvalue weighted by Gasteiger charge is 2.60. The highest BCUT2D eigenvalue weighted by Crippen LogP contribution is 2.49. The molecular formula is C59H88N6O16. The third-order valence-corrected chi connectivity index (χ3v) is 18.0. The molecule has 0 aromatic heterocycles. The normalized spacial score (nSPS) is 37.0. The number of Topliss-reactive ketones (excluding diaryl/α,β-unsaturated/α-hetero) is 1. The minimum atomic E-state index is -1.07. The number of rotatable bonds is 16. The SMILES string of the molecule is C=C1CC2CC[C@]34C[C@@H](O)C(O3)C3CC(O4)[C@H]4OC(CCC4O3)CC(=O)CC3[C@H](C[C@H]4O[C@@H](CCC1O2)C[C@@H](C)C4=C)O[C@H](CC(O)CNC(=O)OCc1ccc(NC(=O)C(CCCNC(N)=O)NC(=O)[C@@H](N)C(C)C)cc1)[C@@H]3OC. The standard InChI is InChI=1S/C59H88N6O16/c1-30(2)51(60)56(70)65-42(8-7-19-62-57(61)71)55(69)64-35-11-9-34(10-12-35)29-74-58(72)63-28-37(67)24-48-52(73-6)41-23-36(66)22-39-14-16-45-54(77-39)50-26-49(78-45)53-43(68)27-59(80-50,81-53)18-17-40-21-32(4)44(75-40)15-13-38-20-31(3)33(5)46(76-38)25-47(41)79-48/h9-12,30-31,37-54,67-68H,4-5,7-8,13-29,60H2,1-3,6H3,(H,63,72)(H,64,69)(H,65,70)(H3,61,62,71)/t31-,37?,38+,39?,40?,41?,42?,43-,44?,45?,46-,47+,48-,49?,50?,51+,52-,53?,54+,59-/m1/s1. The summed E-state index contributed by atoms with van der Waals surface area (Å²) in [6, 6.07) is 4.15. The maximum atomic E-state index is 14.4. The Balaban J connectivity index is 0.817. The van der Waals surface area contributed by atoms with Crippen LogP contribution in [0.25, 0.3) is 0 Å². The second-order valence-electron chi connectivity index (χ2n) is 24.4. The molecule has 8 saturated heterocycles. The van der Waals surface area contributed by atoms with Crippen molar-refractivity contribution in [1.29, 1.82) is 0 Å². The number of nitrogens with one attached hydrogen (secondary N) is 4. The Morgan fingerprint density at radius 1 is 0.827 bits per heavy atom. The number of benzene rings is 1. The lowest BCUT2D eigenvalue weighted by atomic mass is 9.81. The number of aliphatic hydroxyl groups is 2. The molecule has 0 saturated carbocycles. The molecule has 22 nitrogen and oxygen atoms in total. The van der Waals surface area contributed by atoms with Gasteiger partial charge in [-0.2, -0.15) is 0 Å². The van der Waals surface area contributed by atoms with E-state index in [4.69, 9.17) is 54.1 Å². The van der Waals surface area contributed by atoms with Gasteiger partial charge in [-0.1, -0.05) is 46.1 Å². The van der Waals surface area contributed by atoms with Crippen molar-refractivity contribution >= 4 is 35.4 Å². The first-order chi connectivity index (χ1) is 38.7. The Labute approximate surface area is 475 Å². The lowest BCUT2D eigenvalue weighted by Crippen LogP contribution is -2.58. The number of anilines is 1. The Bertz CT molecular complexity index is 2400. The second-order valence-corrected chi connectivity index (χ2v) is 24.4. The Hall–Kier alpha value is -4.59. The molecule has 450 valence electrons. The predicted molar refractivity (Wildman–Crippen MR) is 294 cm³/mol. The molecule has 0 aliphatic carbocycles. The van der Waals surface area contributed by atoms with Gasteiger partial charge < -0.3 is 85.6 Å². The van der Waals surface area contributed by atoms with E-state index in [2.05, 4.69) is 41.3 Å². The molecule has 8 aliphatic rings. The molecule has 1 aromatic carbocycles. The summed E-state index contributed by atoms with van der Waals surface area (Å²) in [5.74, 6) is -2.36. The molecule has 8 fully saturated rings. The van der Waals surface area contributed by atoms with Crippen molar-refractivity contribution in [2.45, 2.75) is 240 Å². The number of nitrogens with two attached hydrogens (primary N) is 2. The van der Waals surface area contributed by atoms with Crippen LogP contribution in [-0.2, 0) is 63.6 Å². The third kappa shape index (κ3) is 15.2. The van der Waals surface area contributed by atoms with Gasteiger partial charge in [-0.15, -0.1) is 0 Å². The van der Waals surface area contributed by atoms with E-state index in [0.29, 0.717) is 62.6 Å². The van der Waals surface area contributed by atoms with Crippen LogP contribution in [0.15, 0.2) is 48.6 Å². The summed E-state index contributed by atoms with van der Waals surface area (Å²) in [4.78, 5) is 64.6. The van der Waals surface area contributed by atoms with Crippen molar-refractivity contribution in [1.82, 2.24) is 16.0 Å². The Morgan fingerprint density at radius 3 is 2.33 bits per heavy atom. The van der Waals surface area contributed by atoms with Gasteiger partial charge in [0.15, 0.2) is 5.79 Å². The zero-order valence-corrected chi connectivity index (χ0v) is 47.5. The van der Waals surface area contributed by atoms with Gasteiger partial charge in [-0.3, -0.25) is 14.4 Å². The van der Waals surface area contributed by atoms with Crippen LogP contribution in [0.4, 0.5) is 15.3 Å². The summed E-state index contributed by atoms with van der Waals surface area (Å²) in [6.45, 7) is 14.6. The molecule has 10 unspecified atom stereocenters. The number of hydrogen-bond donors (Lipinski definition) is 8. The highest BCUT2D eigenvalue weighted by molar-refractivity contribution is 5.97. The Kier molecular flexibility index (Phi) is 20.3. The van der Waals surface area contributed by atoms with Crippen molar-refractivity contribution in [2.24, 2.45) is 29.2 Å². The van der Waals surface area contributed by atoms with E-state index in [1.807, 2.05) is 0 Å². The van der Waals surface area contributed by atoms with Gasteiger partial charge in [0.2, 0.25) is 11.8 Å². The van der Waals surface area contributed by atoms with Gasteiger partial charge in [0.05, 0.1) is 85.4 Å². The van der Waals surface area contributed by atoms with Crippen LogP contribution in [0.1, 0.15) is 129 Å². The number of alkyl carbamates (subject to hydrolysis) is 1. The van der Waals surface area contributed by atoms with E-state index in [0.717, 1.165) is 36.8 Å². The average molecular weight is 1140 g/mol. The number of carbonyl (C=O) groups excluding carboxylic acids is 5. The van der Waals surface area contributed by atoms with E-state index in [1.165, 1.54) is 0 Å². The van der Waals surface area contributed by atoms with E-state index >= 15 is 0 Å². The number of aliphatic hydroxyl groups excluding tert-OH is 2. The van der Waals surface area contributed by atoms with Crippen LogP contribution in [0.3, 0.4) is 0 Å². The summed E-state index contributed by atoms with van der Waals surface area (Å²) in [5.41, 5.74) is 14.3. The van der Waals surface area contributed by atoms with E-state index < -0.39 is 90.5 Å². The number of ether oxygens (including phenoxy) is 9. The second kappa shape index (κ2) is 27.0. The number of urea groups is 1. The zero-order valence-electron chi connectivity index (χ0n) is 47.5. The van der Waals surface area contributed by atoms with Crippen LogP contribution in [0.5, 0.6) is 0 Å². The summed E-state index contributed by atoms with van der Waals surface area (Å²) >= 11 is 0. The van der Waals surface area contributed by atoms with E-state index in [1.54, 1.807) is 45.2 Å². The minimum absolute atomic E-state index is 0.000137. The van der Waals surface area contributed by atoms with Crippen LogP contribution >= 0.6 is 0 Å². The van der Waals surface area contributed by atoms with Gasteiger partial charge in [0.1, 0.15) is 30.6 Å². The van der Waals surface area contributed by atoms with Crippen molar-refractivity contribution in [3.8, 4) is 0 Å². The molecule has 20 atom stereocenters. The minimum Gasteiger partial charge on any atom is -0.445 e. The van der Waals surface area contributed by atoms with Crippen LogP contribution in [0, 0.1) is 17.8 Å². The largest absolute Gasteiger partial charge is 0.445 e. The van der Waals surface area contributed by atoms with Crippen LogP contribution in [-0.4, -0.2) is 170 Å². The molecule has 1 aromatic rings. The van der Waals surface area contributed by atoms with Crippen LogP contribution < -0.4 is 32.7 Å². The van der Waals surface area contributed by atoms with Crippen LogP contribution in [0.2, 0.25) is 0 Å². The number of fused-ring (bicyclic) bond motifs is 9. The van der Waals surface area contributed by atoms with Crippen molar-refractivity contribution in [3.63, 3.8) is 0 Å². The maximum Gasteiger partial charge on any atom is 0.407 e. The molecule has 22 heteroatoms. The number of primary amides is 1. The van der Waals surface area contributed by atoms with Gasteiger partial charge >= 0.3 is 12.1 Å². The van der Waals surface area contributed by atoms with Gasteiger partial charge in [-0.25, -0.2) is 9.59 Å². The number of hydrogen-bond acceptors (Lipinski definition) is 17. The monoisotopic (exact) mass is 1140 g/mol. The molecule has 9 rings (SSSR count). The van der Waals surface area contributed by atoms with Crippen molar-refractivity contribution < 1.29 is 76.8 Å². The first-order valence-electron chi connectivity index (χ1n) is 29.5. The maximum absolute atomic E-state index is 14.4. The number of carbonyl (C=O) groups is 5. The summed E-state index contributed by atoms with van der Waals surface area (Å²) in [6.07, 6.45) is 0.680. The van der Waals surface area contributed by atoms with E-state index in [9.17, 15) is 34.2 Å². The quantitative estimate of drug-likeness (QED) is 0.0848. The lowest BCUT2D eigenvalue weighted by Gasteiger charge is -2.47. The fourth-order valence-corrected chi connectivity index (χ4v) is 13.5. The third-order valence-electron chi connectivity index (χ3n) is 18.0. The highest BCUT2D eigenvalue weighted by atomic mass is 16.7. The lowest BCUT2D eigenvalue weighted by molar-refractivity contribution is -0.277. The summed E-state index contributed by atoms with van der Waals surface area (Å²) < 4.78 is 59.0. The molecule has 5 amide bonds. The summed E-state index contributed by atoms with van der Waals surface area (Å²) in [5, 5.41) is 33.3. The number of methoxy groups -OCH3 is 1. The average Bonchev–Trinajstić information content (AvgIpc) is 4.21. The van der Waals surface area contributed by atoms with Gasteiger partial charge in [0.25, 0.3) is 0 Å². The van der Waals surface area contributed by atoms with Crippen molar-refractivity contribution in [3.05, 3.63) is 54.1 Å². The topological polar surface area (TPSA) is 309 Å². The fraction of sp³-hybridized carbons (Fsp3) is 0.746. The molecule has 81 heavy (non-hydrogen) atoms.